The third kappa shape index (κ3) is 3.91. The van der Waals surface area contributed by atoms with Gasteiger partial charge in [0.1, 0.15) is 0 Å². The third-order valence-corrected chi connectivity index (χ3v) is 4.71. The van der Waals surface area contributed by atoms with Crippen molar-refractivity contribution >= 4 is 11.4 Å². The fourth-order valence-corrected chi connectivity index (χ4v) is 3.20. The molecule has 1 saturated carbocycles. The smallest absolute Gasteiger partial charge is 0.0362 e. The van der Waals surface area contributed by atoms with Crippen LogP contribution in [0.2, 0.25) is 0 Å². The molecular weight excluding hydrogens is 244 g/mol. The summed E-state index contributed by atoms with van der Waals surface area (Å²) in [6.45, 7) is 7.14. The van der Waals surface area contributed by atoms with E-state index in [1.165, 1.54) is 37.1 Å². The topological polar surface area (TPSA) is 15.3 Å². The zero-order valence-electron chi connectivity index (χ0n) is 13.7. The maximum atomic E-state index is 3.70. The molecule has 2 nitrogen and oxygen atoms in total. The van der Waals surface area contributed by atoms with Crippen molar-refractivity contribution in [1.29, 1.82) is 0 Å². The lowest BCUT2D eigenvalue weighted by Crippen LogP contribution is -2.31. The van der Waals surface area contributed by atoms with Gasteiger partial charge < -0.3 is 10.2 Å². The Hall–Kier alpha value is -1.18. The molecule has 0 aliphatic heterocycles. The number of hydrogen-bond donors (Lipinski definition) is 1. The second-order valence-electron chi connectivity index (χ2n) is 7.50. The number of benzene rings is 1. The van der Waals surface area contributed by atoms with Crippen LogP contribution in [0.5, 0.6) is 0 Å². The standard InChI is InChI=1S/C18H30N2/c1-18(2,3)14-6-8-15(9-7-14)19-16-10-12-17(13-11-16)20(4)5/h10-15,19H,6-9H2,1-5H3. The van der Waals surface area contributed by atoms with Crippen LogP contribution < -0.4 is 10.2 Å². The Labute approximate surface area is 124 Å². The van der Waals surface area contributed by atoms with Gasteiger partial charge in [0.15, 0.2) is 0 Å². The molecule has 2 rings (SSSR count). The minimum absolute atomic E-state index is 0.471. The van der Waals surface area contributed by atoms with E-state index in [1.807, 2.05) is 0 Å². The summed E-state index contributed by atoms with van der Waals surface area (Å²) in [7, 11) is 4.16. The average molecular weight is 274 g/mol. The molecule has 1 aliphatic rings. The van der Waals surface area contributed by atoms with Gasteiger partial charge in [-0.05, 0) is 61.3 Å². The monoisotopic (exact) mass is 274 g/mol. The first-order valence-corrected chi connectivity index (χ1v) is 7.90. The van der Waals surface area contributed by atoms with Crippen LogP contribution >= 0.6 is 0 Å². The van der Waals surface area contributed by atoms with Gasteiger partial charge in [-0.3, -0.25) is 0 Å². The highest BCUT2D eigenvalue weighted by atomic mass is 15.1. The number of nitrogens with zero attached hydrogens (tertiary/aromatic N) is 1. The molecule has 1 aromatic carbocycles. The second-order valence-corrected chi connectivity index (χ2v) is 7.50. The minimum Gasteiger partial charge on any atom is -0.382 e. The van der Waals surface area contributed by atoms with Crippen LogP contribution in [0.4, 0.5) is 11.4 Å². The van der Waals surface area contributed by atoms with E-state index in [1.54, 1.807) is 0 Å². The Kier molecular flexibility index (Phi) is 4.62. The maximum Gasteiger partial charge on any atom is 0.0362 e. The predicted molar refractivity (Wildman–Crippen MR) is 89.6 cm³/mol. The Bertz CT molecular complexity index is 406. The molecule has 0 unspecified atom stereocenters. The molecule has 0 bridgehead atoms. The SMILES string of the molecule is CN(C)c1ccc(NC2CCC(C(C)(C)C)CC2)cc1. The molecule has 2 heteroatoms. The van der Waals surface area contributed by atoms with Gasteiger partial charge in [0, 0.05) is 31.5 Å². The van der Waals surface area contributed by atoms with Crippen LogP contribution in [-0.2, 0) is 0 Å². The van der Waals surface area contributed by atoms with Crippen LogP contribution in [0.15, 0.2) is 24.3 Å². The van der Waals surface area contributed by atoms with Crippen molar-refractivity contribution in [2.75, 3.05) is 24.3 Å². The van der Waals surface area contributed by atoms with Crippen LogP contribution in [0.25, 0.3) is 0 Å². The van der Waals surface area contributed by atoms with Crippen molar-refractivity contribution in [1.82, 2.24) is 0 Å². The van der Waals surface area contributed by atoms with Crippen molar-refractivity contribution in [2.45, 2.75) is 52.5 Å². The summed E-state index contributed by atoms with van der Waals surface area (Å²) >= 11 is 0. The van der Waals surface area contributed by atoms with E-state index in [4.69, 9.17) is 0 Å². The Balaban J connectivity index is 1.86. The lowest BCUT2D eigenvalue weighted by atomic mass is 9.71. The van der Waals surface area contributed by atoms with Crippen LogP contribution in [0, 0.1) is 11.3 Å². The molecule has 112 valence electrons. The minimum atomic E-state index is 0.471. The largest absolute Gasteiger partial charge is 0.382 e. The summed E-state index contributed by atoms with van der Waals surface area (Å²) in [6, 6.07) is 9.42. The first-order chi connectivity index (χ1) is 9.36. The summed E-state index contributed by atoms with van der Waals surface area (Å²) in [4.78, 5) is 2.14. The van der Waals surface area contributed by atoms with Crippen molar-refractivity contribution in [3.05, 3.63) is 24.3 Å². The number of anilines is 2. The first-order valence-electron chi connectivity index (χ1n) is 7.90. The number of hydrogen-bond acceptors (Lipinski definition) is 2. The van der Waals surface area contributed by atoms with Gasteiger partial charge in [-0.15, -0.1) is 0 Å². The van der Waals surface area contributed by atoms with Crippen molar-refractivity contribution < 1.29 is 0 Å². The first kappa shape index (κ1) is 15.2. The van der Waals surface area contributed by atoms with E-state index in [2.05, 4.69) is 69.3 Å². The fraction of sp³-hybridized carbons (Fsp3) is 0.667. The molecule has 0 saturated heterocycles. The van der Waals surface area contributed by atoms with E-state index in [9.17, 15) is 0 Å². The van der Waals surface area contributed by atoms with Crippen LogP contribution in [0.3, 0.4) is 0 Å². The van der Waals surface area contributed by atoms with Gasteiger partial charge in [0.25, 0.3) is 0 Å². The predicted octanol–water partition coefficient (Wildman–Crippen LogP) is 4.77. The highest BCUT2D eigenvalue weighted by Gasteiger charge is 2.29. The Morgan fingerprint density at radius 2 is 1.50 bits per heavy atom. The molecule has 0 heterocycles. The molecule has 1 aliphatic carbocycles. The lowest BCUT2D eigenvalue weighted by Gasteiger charge is -2.37. The van der Waals surface area contributed by atoms with Gasteiger partial charge in [0.2, 0.25) is 0 Å². The van der Waals surface area contributed by atoms with E-state index in [0.717, 1.165) is 5.92 Å². The molecule has 0 amide bonds. The van der Waals surface area contributed by atoms with Crippen molar-refractivity contribution in [3.63, 3.8) is 0 Å². The van der Waals surface area contributed by atoms with Gasteiger partial charge in [-0.1, -0.05) is 20.8 Å². The summed E-state index contributed by atoms with van der Waals surface area (Å²) < 4.78 is 0. The molecule has 0 radical (unpaired) electrons. The Morgan fingerprint density at radius 3 is 1.95 bits per heavy atom. The Morgan fingerprint density at radius 1 is 0.950 bits per heavy atom. The summed E-state index contributed by atoms with van der Waals surface area (Å²) in [6.07, 6.45) is 5.32. The highest BCUT2D eigenvalue weighted by molar-refractivity contribution is 5.54. The molecule has 1 aromatic rings. The summed E-state index contributed by atoms with van der Waals surface area (Å²) in [5.41, 5.74) is 2.99. The maximum absolute atomic E-state index is 3.70. The lowest BCUT2D eigenvalue weighted by molar-refractivity contribution is 0.173. The summed E-state index contributed by atoms with van der Waals surface area (Å²) in [5.74, 6) is 0.886. The third-order valence-electron chi connectivity index (χ3n) is 4.71. The van der Waals surface area contributed by atoms with Gasteiger partial charge >= 0.3 is 0 Å². The van der Waals surface area contributed by atoms with Gasteiger partial charge in [0.05, 0.1) is 0 Å². The molecule has 0 spiro atoms. The fourth-order valence-electron chi connectivity index (χ4n) is 3.20. The zero-order valence-corrected chi connectivity index (χ0v) is 13.7. The van der Waals surface area contributed by atoms with E-state index >= 15 is 0 Å². The molecule has 1 fully saturated rings. The number of nitrogens with one attached hydrogen (secondary N) is 1. The average Bonchev–Trinajstić information content (AvgIpc) is 2.39. The molecule has 0 atom stereocenters. The van der Waals surface area contributed by atoms with E-state index < -0.39 is 0 Å². The van der Waals surface area contributed by atoms with Gasteiger partial charge in [-0.2, -0.15) is 0 Å². The van der Waals surface area contributed by atoms with Crippen molar-refractivity contribution in [2.24, 2.45) is 11.3 Å². The van der Waals surface area contributed by atoms with Gasteiger partial charge in [-0.25, -0.2) is 0 Å². The van der Waals surface area contributed by atoms with E-state index in [0.29, 0.717) is 11.5 Å². The zero-order chi connectivity index (χ0) is 14.8. The summed E-state index contributed by atoms with van der Waals surface area (Å²) in [5, 5.41) is 3.70. The normalized spacial score (nSPS) is 23.4. The molecular formula is C18H30N2. The molecule has 0 aromatic heterocycles. The van der Waals surface area contributed by atoms with Crippen LogP contribution in [-0.4, -0.2) is 20.1 Å². The van der Waals surface area contributed by atoms with E-state index in [-0.39, 0.29) is 0 Å². The highest BCUT2D eigenvalue weighted by Crippen LogP contribution is 2.38. The van der Waals surface area contributed by atoms with Crippen LogP contribution in [0.1, 0.15) is 46.5 Å². The molecule has 20 heavy (non-hydrogen) atoms. The quantitative estimate of drug-likeness (QED) is 0.854. The number of rotatable bonds is 3. The van der Waals surface area contributed by atoms with Crippen molar-refractivity contribution in [3.8, 4) is 0 Å². The second kappa shape index (κ2) is 6.07. The molecule has 1 N–H and O–H groups in total.